The number of carbonyl (C=O) groups is 2. The Bertz CT molecular complexity index is 794. The van der Waals surface area contributed by atoms with Crippen LogP contribution in [0.25, 0.3) is 11.0 Å². The van der Waals surface area contributed by atoms with Gasteiger partial charge in [-0.1, -0.05) is 0 Å². The van der Waals surface area contributed by atoms with E-state index in [1.807, 2.05) is 23.2 Å². The molecular formula is C18H27N5O3. The lowest BCUT2D eigenvalue weighted by Crippen LogP contribution is -2.43. The van der Waals surface area contributed by atoms with Crippen molar-refractivity contribution in [2.45, 2.75) is 53.1 Å². The largest absolute Gasteiger partial charge is 0.466 e. The van der Waals surface area contributed by atoms with Gasteiger partial charge < -0.3 is 9.64 Å². The first kappa shape index (κ1) is 18.4. The SMILES string of the molecule is CCOC(=O)C1CCCN(C(=O)CCn2ncc3c2c(C)nn3CC)C1. The normalized spacial score (nSPS) is 17.7. The van der Waals surface area contributed by atoms with Crippen molar-refractivity contribution < 1.29 is 14.3 Å². The molecular weight excluding hydrogens is 334 g/mol. The molecule has 1 saturated heterocycles. The second-order valence-electron chi connectivity index (χ2n) is 6.68. The topological polar surface area (TPSA) is 82.2 Å². The lowest BCUT2D eigenvalue weighted by Gasteiger charge is -2.31. The van der Waals surface area contributed by atoms with E-state index < -0.39 is 0 Å². The van der Waals surface area contributed by atoms with E-state index in [-0.39, 0.29) is 17.8 Å². The molecule has 1 aliphatic heterocycles. The van der Waals surface area contributed by atoms with Crippen LogP contribution in [0.1, 0.15) is 38.8 Å². The summed E-state index contributed by atoms with van der Waals surface area (Å²) in [4.78, 5) is 26.3. The molecule has 0 aromatic carbocycles. The predicted octanol–water partition coefficient (Wildman–Crippen LogP) is 1.75. The third-order valence-corrected chi connectivity index (χ3v) is 4.94. The predicted molar refractivity (Wildman–Crippen MR) is 96.5 cm³/mol. The number of aryl methyl sites for hydroxylation is 3. The van der Waals surface area contributed by atoms with Crippen LogP contribution >= 0.6 is 0 Å². The van der Waals surface area contributed by atoms with Crippen molar-refractivity contribution in [3.05, 3.63) is 11.9 Å². The van der Waals surface area contributed by atoms with Crippen molar-refractivity contribution >= 4 is 22.9 Å². The first-order valence-corrected chi connectivity index (χ1v) is 9.38. The molecule has 1 aliphatic rings. The van der Waals surface area contributed by atoms with Gasteiger partial charge in [-0.15, -0.1) is 0 Å². The van der Waals surface area contributed by atoms with E-state index in [0.717, 1.165) is 36.1 Å². The summed E-state index contributed by atoms with van der Waals surface area (Å²) in [6.45, 7) is 8.65. The molecule has 0 N–H and O–H groups in total. The third kappa shape index (κ3) is 3.59. The Hall–Kier alpha value is -2.38. The fourth-order valence-electron chi connectivity index (χ4n) is 3.65. The van der Waals surface area contributed by atoms with Gasteiger partial charge in [0, 0.05) is 26.1 Å². The van der Waals surface area contributed by atoms with Crippen LogP contribution in [0, 0.1) is 12.8 Å². The molecule has 3 rings (SSSR count). The van der Waals surface area contributed by atoms with Gasteiger partial charge in [0.2, 0.25) is 5.91 Å². The van der Waals surface area contributed by atoms with Crippen LogP contribution in [0.5, 0.6) is 0 Å². The Morgan fingerprint density at radius 2 is 2.12 bits per heavy atom. The van der Waals surface area contributed by atoms with E-state index >= 15 is 0 Å². The van der Waals surface area contributed by atoms with E-state index in [1.54, 1.807) is 18.0 Å². The van der Waals surface area contributed by atoms with Crippen LogP contribution in [0.2, 0.25) is 0 Å². The number of nitrogens with zero attached hydrogens (tertiary/aromatic N) is 5. The maximum Gasteiger partial charge on any atom is 0.310 e. The first-order chi connectivity index (χ1) is 12.5. The molecule has 26 heavy (non-hydrogen) atoms. The molecule has 142 valence electrons. The molecule has 0 saturated carbocycles. The zero-order valence-corrected chi connectivity index (χ0v) is 15.8. The number of likely N-dealkylation sites (tertiary alicyclic amines) is 1. The molecule has 8 heteroatoms. The van der Waals surface area contributed by atoms with E-state index in [2.05, 4.69) is 10.2 Å². The molecule has 2 aromatic heterocycles. The molecule has 0 bridgehead atoms. The summed E-state index contributed by atoms with van der Waals surface area (Å²) < 4.78 is 8.88. The van der Waals surface area contributed by atoms with Gasteiger partial charge in [0.05, 0.1) is 31.0 Å². The molecule has 1 unspecified atom stereocenters. The molecule has 3 heterocycles. The van der Waals surface area contributed by atoms with Gasteiger partial charge in [-0.05, 0) is 33.6 Å². The zero-order chi connectivity index (χ0) is 18.7. The molecule has 8 nitrogen and oxygen atoms in total. The third-order valence-electron chi connectivity index (χ3n) is 4.94. The molecule has 1 atom stereocenters. The van der Waals surface area contributed by atoms with Gasteiger partial charge in [-0.3, -0.25) is 19.0 Å². The molecule has 2 aromatic rings. The number of hydrogen-bond donors (Lipinski definition) is 0. The second kappa shape index (κ2) is 7.88. The highest BCUT2D eigenvalue weighted by Gasteiger charge is 2.29. The van der Waals surface area contributed by atoms with Crippen molar-refractivity contribution in [3.63, 3.8) is 0 Å². The van der Waals surface area contributed by atoms with Crippen LogP contribution in [0.3, 0.4) is 0 Å². The van der Waals surface area contributed by atoms with Crippen molar-refractivity contribution in [1.82, 2.24) is 24.5 Å². The van der Waals surface area contributed by atoms with Crippen molar-refractivity contribution in [1.29, 1.82) is 0 Å². The van der Waals surface area contributed by atoms with Gasteiger partial charge in [-0.2, -0.15) is 10.2 Å². The zero-order valence-electron chi connectivity index (χ0n) is 15.8. The van der Waals surface area contributed by atoms with Gasteiger partial charge in [0.1, 0.15) is 11.0 Å². The van der Waals surface area contributed by atoms with E-state index in [1.165, 1.54) is 0 Å². The summed E-state index contributed by atoms with van der Waals surface area (Å²) in [6, 6.07) is 0. The van der Waals surface area contributed by atoms with Crippen LogP contribution in [0.15, 0.2) is 6.20 Å². The van der Waals surface area contributed by atoms with E-state index in [0.29, 0.717) is 32.7 Å². The molecule has 0 radical (unpaired) electrons. The van der Waals surface area contributed by atoms with Crippen molar-refractivity contribution in [3.8, 4) is 0 Å². The van der Waals surface area contributed by atoms with Crippen molar-refractivity contribution in [2.24, 2.45) is 5.92 Å². The van der Waals surface area contributed by atoms with Crippen LogP contribution in [-0.2, 0) is 27.4 Å². The van der Waals surface area contributed by atoms with Crippen LogP contribution in [0.4, 0.5) is 0 Å². The van der Waals surface area contributed by atoms with Gasteiger partial charge >= 0.3 is 5.97 Å². The fraction of sp³-hybridized carbons (Fsp3) is 0.667. The fourth-order valence-corrected chi connectivity index (χ4v) is 3.65. The molecule has 1 amide bonds. The number of esters is 1. The van der Waals surface area contributed by atoms with Crippen LogP contribution in [-0.4, -0.2) is 56.0 Å². The lowest BCUT2D eigenvalue weighted by atomic mass is 9.98. The number of hydrogen-bond acceptors (Lipinski definition) is 5. The van der Waals surface area contributed by atoms with Crippen LogP contribution < -0.4 is 0 Å². The number of piperidine rings is 1. The Labute approximate surface area is 153 Å². The summed E-state index contributed by atoms with van der Waals surface area (Å²) >= 11 is 0. The summed E-state index contributed by atoms with van der Waals surface area (Å²) in [7, 11) is 0. The minimum absolute atomic E-state index is 0.0585. The Balaban J connectivity index is 1.62. The lowest BCUT2D eigenvalue weighted by molar-refractivity contribution is -0.151. The minimum atomic E-state index is -0.200. The number of rotatable bonds is 6. The molecule has 1 fully saturated rings. The molecule has 0 spiro atoms. The van der Waals surface area contributed by atoms with E-state index in [4.69, 9.17) is 4.74 Å². The number of carbonyl (C=O) groups excluding carboxylic acids is 2. The average molecular weight is 361 g/mol. The second-order valence-corrected chi connectivity index (χ2v) is 6.68. The smallest absolute Gasteiger partial charge is 0.310 e. The quantitative estimate of drug-likeness (QED) is 0.732. The Morgan fingerprint density at radius 1 is 1.31 bits per heavy atom. The number of amides is 1. The number of aromatic nitrogens is 4. The minimum Gasteiger partial charge on any atom is -0.466 e. The number of fused-ring (bicyclic) bond motifs is 1. The molecule has 0 aliphatic carbocycles. The Kier molecular flexibility index (Phi) is 5.58. The maximum absolute atomic E-state index is 12.6. The Morgan fingerprint density at radius 3 is 2.85 bits per heavy atom. The van der Waals surface area contributed by atoms with Gasteiger partial charge in [0.15, 0.2) is 0 Å². The van der Waals surface area contributed by atoms with E-state index in [9.17, 15) is 9.59 Å². The highest BCUT2D eigenvalue weighted by Crippen LogP contribution is 2.20. The van der Waals surface area contributed by atoms with Crippen molar-refractivity contribution in [2.75, 3.05) is 19.7 Å². The highest BCUT2D eigenvalue weighted by molar-refractivity contribution is 5.80. The summed E-state index contributed by atoms with van der Waals surface area (Å²) in [6.07, 6.45) is 3.80. The summed E-state index contributed by atoms with van der Waals surface area (Å²) in [5, 5.41) is 8.92. The van der Waals surface area contributed by atoms with Gasteiger partial charge in [-0.25, -0.2) is 0 Å². The first-order valence-electron chi connectivity index (χ1n) is 9.38. The summed E-state index contributed by atoms with van der Waals surface area (Å²) in [5.41, 5.74) is 2.91. The van der Waals surface area contributed by atoms with Gasteiger partial charge in [0.25, 0.3) is 0 Å². The average Bonchev–Trinajstić information content (AvgIpc) is 3.21. The monoisotopic (exact) mass is 361 g/mol. The number of ether oxygens (including phenoxy) is 1. The highest BCUT2D eigenvalue weighted by atomic mass is 16.5. The standard InChI is InChI=1S/C18H27N5O3/c1-4-22-15-11-19-23(17(15)13(3)20-22)10-8-16(24)21-9-6-7-14(12-21)18(25)26-5-2/h11,14H,4-10,12H2,1-3H3. The maximum atomic E-state index is 12.6. The summed E-state index contributed by atoms with van der Waals surface area (Å²) in [5.74, 6) is -0.335.